The Hall–Kier alpha value is -1.43. The van der Waals surface area contributed by atoms with Gasteiger partial charge in [-0.15, -0.1) is 0 Å². The number of thiocarbonyl (C=S) groups is 1. The van der Waals surface area contributed by atoms with Gasteiger partial charge in [-0.1, -0.05) is 0 Å². The Labute approximate surface area is 105 Å². The summed E-state index contributed by atoms with van der Waals surface area (Å²) >= 11 is 4.87. The number of carbonyl (C=O) groups excluding carboxylic acids is 2. The third kappa shape index (κ3) is 2.46. The second kappa shape index (κ2) is 4.83. The maximum Gasteiger partial charge on any atom is 0.266 e. The van der Waals surface area contributed by atoms with Crippen molar-refractivity contribution >= 4 is 29.1 Å². The highest BCUT2D eigenvalue weighted by atomic mass is 32.1. The van der Waals surface area contributed by atoms with Crippen molar-refractivity contribution in [2.75, 3.05) is 20.1 Å². The fraction of sp³-hybridized carbons (Fsp3) is 0.545. The molecule has 0 atom stereocenters. The molecule has 0 aliphatic carbocycles. The minimum absolute atomic E-state index is 0.163. The minimum Gasteiger partial charge on any atom is -0.377 e. The summed E-state index contributed by atoms with van der Waals surface area (Å²) in [6.07, 6.45) is 5.08. The van der Waals surface area contributed by atoms with E-state index in [4.69, 9.17) is 12.2 Å². The largest absolute Gasteiger partial charge is 0.377 e. The lowest BCUT2D eigenvalue weighted by Crippen LogP contribution is -2.52. The Morgan fingerprint density at radius 3 is 2.53 bits per heavy atom. The highest BCUT2D eigenvalue weighted by Crippen LogP contribution is 2.13. The molecule has 0 saturated carbocycles. The number of piperidine rings is 1. The van der Waals surface area contributed by atoms with Gasteiger partial charge in [0.15, 0.2) is 5.11 Å². The fourth-order valence-corrected chi connectivity index (χ4v) is 2.14. The quantitative estimate of drug-likeness (QED) is 0.413. The molecule has 2 saturated heterocycles. The van der Waals surface area contributed by atoms with Crippen LogP contribution in [0.1, 0.15) is 19.3 Å². The van der Waals surface area contributed by atoms with E-state index in [-0.39, 0.29) is 16.6 Å². The molecule has 0 aromatic heterocycles. The van der Waals surface area contributed by atoms with Crippen molar-refractivity contribution in [3.63, 3.8) is 0 Å². The molecule has 92 valence electrons. The van der Waals surface area contributed by atoms with E-state index >= 15 is 0 Å². The highest BCUT2D eigenvalue weighted by Gasteiger charge is 2.31. The predicted molar refractivity (Wildman–Crippen MR) is 67.0 cm³/mol. The first-order valence-corrected chi connectivity index (χ1v) is 6.09. The van der Waals surface area contributed by atoms with E-state index in [0.29, 0.717) is 0 Å². The van der Waals surface area contributed by atoms with Crippen molar-refractivity contribution in [1.29, 1.82) is 0 Å². The summed E-state index contributed by atoms with van der Waals surface area (Å²) in [6, 6.07) is 0. The molecule has 2 aliphatic rings. The SMILES string of the molecule is CN1C(=O)C(=CN2CCCCC2)C(=O)NC1=S. The first kappa shape index (κ1) is 12.0. The van der Waals surface area contributed by atoms with Gasteiger partial charge in [0.25, 0.3) is 11.8 Å². The van der Waals surface area contributed by atoms with E-state index in [1.54, 1.807) is 13.2 Å². The zero-order valence-electron chi connectivity index (χ0n) is 9.73. The van der Waals surface area contributed by atoms with E-state index in [2.05, 4.69) is 5.32 Å². The Morgan fingerprint density at radius 2 is 1.88 bits per heavy atom. The zero-order valence-corrected chi connectivity index (χ0v) is 10.5. The minimum atomic E-state index is -0.399. The molecule has 0 bridgehead atoms. The standard InChI is InChI=1S/C11H15N3O2S/c1-13-10(16)8(9(15)12-11(13)17)7-14-5-3-2-4-6-14/h7H,2-6H2,1H3,(H,12,15,17). The van der Waals surface area contributed by atoms with Gasteiger partial charge in [-0.2, -0.15) is 0 Å². The Bertz CT molecular complexity index is 400. The zero-order chi connectivity index (χ0) is 12.4. The monoisotopic (exact) mass is 253 g/mol. The van der Waals surface area contributed by atoms with Crippen LogP contribution in [-0.4, -0.2) is 46.9 Å². The van der Waals surface area contributed by atoms with Crippen molar-refractivity contribution in [2.24, 2.45) is 0 Å². The molecule has 2 fully saturated rings. The summed E-state index contributed by atoms with van der Waals surface area (Å²) in [5.74, 6) is -0.729. The summed E-state index contributed by atoms with van der Waals surface area (Å²) in [4.78, 5) is 26.9. The van der Waals surface area contributed by atoms with Gasteiger partial charge in [-0.3, -0.25) is 19.8 Å². The summed E-state index contributed by atoms with van der Waals surface area (Å²) in [5, 5.41) is 2.66. The number of rotatable bonds is 1. The molecule has 2 amide bonds. The van der Waals surface area contributed by atoms with Gasteiger partial charge < -0.3 is 4.90 Å². The van der Waals surface area contributed by atoms with Crippen molar-refractivity contribution in [2.45, 2.75) is 19.3 Å². The lowest BCUT2D eigenvalue weighted by molar-refractivity contribution is -0.128. The summed E-state index contributed by atoms with van der Waals surface area (Å²) in [5.41, 5.74) is 0.169. The van der Waals surface area contributed by atoms with Gasteiger partial charge >= 0.3 is 0 Å². The van der Waals surface area contributed by atoms with Gasteiger partial charge in [0.1, 0.15) is 5.57 Å². The van der Waals surface area contributed by atoms with Crippen molar-refractivity contribution < 1.29 is 9.59 Å². The molecule has 0 unspecified atom stereocenters. The van der Waals surface area contributed by atoms with Crippen LogP contribution in [0.5, 0.6) is 0 Å². The topological polar surface area (TPSA) is 52.7 Å². The van der Waals surface area contributed by atoms with Crippen LogP contribution in [-0.2, 0) is 9.59 Å². The van der Waals surface area contributed by atoms with Gasteiger partial charge in [0.2, 0.25) is 0 Å². The molecule has 2 rings (SSSR count). The molecule has 1 N–H and O–H groups in total. The van der Waals surface area contributed by atoms with Crippen LogP contribution in [0.2, 0.25) is 0 Å². The van der Waals surface area contributed by atoms with E-state index in [0.717, 1.165) is 25.9 Å². The fourth-order valence-electron chi connectivity index (χ4n) is 1.96. The summed E-state index contributed by atoms with van der Waals surface area (Å²) in [6.45, 7) is 1.80. The van der Waals surface area contributed by atoms with Crippen LogP contribution in [0.25, 0.3) is 0 Å². The molecule has 0 radical (unpaired) electrons. The van der Waals surface area contributed by atoms with Crippen LogP contribution in [0.4, 0.5) is 0 Å². The first-order chi connectivity index (χ1) is 8.09. The Morgan fingerprint density at radius 1 is 1.24 bits per heavy atom. The van der Waals surface area contributed by atoms with Crippen LogP contribution in [0.15, 0.2) is 11.8 Å². The molecule has 2 aliphatic heterocycles. The maximum atomic E-state index is 11.9. The number of nitrogens with zero attached hydrogens (tertiary/aromatic N) is 2. The lowest BCUT2D eigenvalue weighted by Gasteiger charge is -2.29. The second-order valence-electron chi connectivity index (χ2n) is 4.26. The number of likely N-dealkylation sites (N-methyl/N-ethyl adjacent to an activating group) is 1. The molecular formula is C11H15N3O2S. The van der Waals surface area contributed by atoms with Crippen molar-refractivity contribution in [3.8, 4) is 0 Å². The van der Waals surface area contributed by atoms with Crippen molar-refractivity contribution in [1.82, 2.24) is 15.1 Å². The number of hydrogen-bond acceptors (Lipinski definition) is 4. The Kier molecular flexibility index (Phi) is 3.42. The molecule has 0 aromatic rings. The van der Waals surface area contributed by atoms with E-state index in [1.165, 1.54) is 11.3 Å². The average molecular weight is 253 g/mol. The molecule has 2 heterocycles. The lowest BCUT2D eigenvalue weighted by atomic mass is 10.1. The van der Waals surface area contributed by atoms with E-state index in [9.17, 15) is 9.59 Å². The first-order valence-electron chi connectivity index (χ1n) is 5.69. The molecule has 0 spiro atoms. The maximum absolute atomic E-state index is 11.9. The molecular weight excluding hydrogens is 238 g/mol. The summed E-state index contributed by atoms with van der Waals surface area (Å²) in [7, 11) is 1.56. The Balaban J connectivity index is 2.17. The van der Waals surface area contributed by atoms with Crippen LogP contribution >= 0.6 is 12.2 Å². The van der Waals surface area contributed by atoms with Gasteiger partial charge in [-0.05, 0) is 31.5 Å². The van der Waals surface area contributed by atoms with E-state index < -0.39 is 5.91 Å². The summed E-state index contributed by atoms with van der Waals surface area (Å²) < 4.78 is 0. The van der Waals surface area contributed by atoms with Crippen LogP contribution in [0, 0.1) is 0 Å². The third-order valence-corrected chi connectivity index (χ3v) is 3.38. The molecule has 6 heteroatoms. The van der Waals surface area contributed by atoms with E-state index in [1.807, 2.05) is 4.90 Å². The van der Waals surface area contributed by atoms with Gasteiger partial charge in [-0.25, -0.2) is 0 Å². The average Bonchev–Trinajstić information content (AvgIpc) is 2.33. The predicted octanol–water partition coefficient (Wildman–Crippen LogP) is 0.229. The highest BCUT2D eigenvalue weighted by molar-refractivity contribution is 7.80. The molecule has 0 aromatic carbocycles. The number of likely N-dealkylation sites (tertiary alicyclic amines) is 1. The van der Waals surface area contributed by atoms with Crippen LogP contribution in [0.3, 0.4) is 0 Å². The number of nitrogens with one attached hydrogen (secondary N) is 1. The normalized spacial score (nSPS) is 24.3. The smallest absolute Gasteiger partial charge is 0.266 e. The molecule has 17 heavy (non-hydrogen) atoms. The third-order valence-electron chi connectivity index (χ3n) is 3.01. The number of amides is 2. The van der Waals surface area contributed by atoms with Gasteiger partial charge in [0.05, 0.1) is 0 Å². The number of hydrogen-bond donors (Lipinski definition) is 1. The van der Waals surface area contributed by atoms with Crippen LogP contribution < -0.4 is 5.32 Å². The molecule has 5 nitrogen and oxygen atoms in total. The van der Waals surface area contributed by atoms with Gasteiger partial charge in [0, 0.05) is 26.3 Å². The number of carbonyl (C=O) groups is 2. The van der Waals surface area contributed by atoms with Crippen molar-refractivity contribution in [3.05, 3.63) is 11.8 Å². The second-order valence-corrected chi connectivity index (χ2v) is 4.65.